The number of carbonyl (C=O) groups is 2. The fraction of sp³-hybridized carbons (Fsp3) is 0.294. The number of aliphatic carboxylic acids is 1. The van der Waals surface area contributed by atoms with Gasteiger partial charge in [0.2, 0.25) is 0 Å². The molecule has 9 heteroatoms. The van der Waals surface area contributed by atoms with Crippen molar-refractivity contribution < 1.29 is 28.2 Å². The largest absolute Gasteiger partial charge is 0.478 e. The monoisotopic (exact) mass is 378 g/mol. The molecule has 0 radical (unpaired) electrons. The second-order valence-corrected chi connectivity index (χ2v) is 8.05. The minimum Gasteiger partial charge on any atom is -0.478 e. The molecule has 0 bridgehead atoms. The first kappa shape index (κ1) is 18.0. The van der Waals surface area contributed by atoms with Gasteiger partial charge < -0.3 is 14.8 Å². The molecular formula is C17H18N2O6S. The first-order valence-corrected chi connectivity index (χ1v) is 9.46. The van der Waals surface area contributed by atoms with Crippen molar-refractivity contribution in [2.24, 2.45) is 0 Å². The molecule has 3 rings (SSSR count). The van der Waals surface area contributed by atoms with E-state index in [0.29, 0.717) is 23.0 Å². The molecule has 0 fully saturated rings. The lowest BCUT2D eigenvalue weighted by Gasteiger charge is -2.20. The van der Waals surface area contributed by atoms with E-state index < -0.39 is 26.9 Å². The van der Waals surface area contributed by atoms with Crippen LogP contribution in [0, 0.1) is 0 Å². The van der Waals surface area contributed by atoms with Crippen molar-refractivity contribution in [3.63, 3.8) is 0 Å². The number of unbranched alkanes of at least 4 members (excludes halogenated alkanes) is 1. The third-order valence-corrected chi connectivity index (χ3v) is 6.23. The van der Waals surface area contributed by atoms with Crippen molar-refractivity contribution in [1.29, 1.82) is 0 Å². The van der Waals surface area contributed by atoms with Gasteiger partial charge in [-0.15, -0.1) is 0 Å². The molecule has 0 amide bonds. The number of aryl methyl sites for hydroxylation is 1. The van der Waals surface area contributed by atoms with Crippen molar-refractivity contribution in [1.82, 2.24) is 4.57 Å². The summed E-state index contributed by atoms with van der Waals surface area (Å²) < 4.78 is 28.0. The van der Waals surface area contributed by atoms with Gasteiger partial charge >= 0.3 is 11.9 Å². The summed E-state index contributed by atoms with van der Waals surface area (Å²) in [5, 5.41) is 19.3. The zero-order valence-corrected chi connectivity index (χ0v) is 15.1. The molecular weight excluding hydrogens is 360 g/mol. The number of carboxylic acid groups (broad SMARTS) is 2. The number of hydrogen-bond donors (Lipinski definition) is 2. The molecule has 0 saturated carbocycles. The Balaban J connectivity index is 2.42. The molecule has 0 atom stereocenters. The van der Waals surface area contributed by atoms with Crippen LogP contribution in [-0.4, -0.2) is 42.2 Å². The van der Waals surface area contributed by atoms with Crippen LogP contribution in [0.3, 0.4) is 0 Å². The van der Waals surface area contributed by atoms with Crippen LogP contribution in [0.25, 0.3) is 17.0 Å². The lowest BCUT2D eigenvalue weighted by Crippen LogP contribution is -2.30. The quantitative estimate of drug-likeness (QED) is 0.825. The first-order valence-electron chi connectivity index (χ1n) is 8.02. The van der Waals surface area contributed by atoms with Gasteiger partial charge in [0.15, 0.2) is 4.91 Å². The maximum absolute atomic E-state index is 12.6. The lowest BCUT2D eigenvalue weighted by atomic mass is 10.1. The Labute approximate surface area is 150 Å². The van der Waals surface area contributed by atoms with Crippen molar-refractivity contribution in [2.75, 3.05) is 11.4 Å². The van der Waals surface area contributed by atoms with Gasteiger partial charge in [-0.2, -0.15) is 0 Å². The molecule has 1 aromatic carbocycles. The second kappa shape index (κ2) is 6.17. The normalized spacial score (nSPS) is 15.6. The number of carboxylic acids is 2. The molecule has 2 heterocycles. The number of nitrogens with zero attached hydrogens (tertiary/aromatic N) is 2. The molecule has 0 aliphatic carbocycles. The maximum Gasteiger partial charge on any atom is 0.349 e. The predicted octanol–water partition coefficient (Wildman–Crippen LogP) is 2.34. The molecule has 138 valence electrons. The van der Waals surface area contributed by atoms with Gasteiger partial charge in [-0.25, -0.2) is 18.0 Å². The number of anilines is 1. The van der Waals surface area contributed by atoms with Crippen LogP contribution < -0.4 is 4.31 Å². The average Bonchev–Trinajstić information content (AvgIpc) is 2.89. The summed E-state index contributed by atoms with van der Waals surface area (Å²) in [6.07, 6.45) is 4.58. The first-order chi connectivity index (χ1) is 12.2. The molecule has 1 aromatic heterocycles. The Morgan fingerprint density at radius 2 is 1.85 bits per heavy atom. The van der Waals surface area contributed by atoms with Gasteiger partial charge in [0.25, 0.3) is 10.0 Å². The van der Waals surface area contributed by atoms with Crippen LogP contribution >= 0.6 is 0 Å². The smallest absolute Gasteiger partial charge is 0.349 e. The Morgan fingerprint density at radius 1 is 1.15 bits per heavy atom. The highest BCUT2D eigenvalue weighted by molar-refractivity contribution is 7.97. The van der Waals surface area contributed by atoms with E-state index in [1.54, 1.807) is 6.20 Å². The number of hydrogen-bond acceptors (Lipinski definition) is 4. The van der Waals surface area contributed by atoms with E-state index in [1.807, 2.05) is 11.5 Å². The number of rotatable bonds is 5. The molecule has 1 aliphatic rings. The Morgan fingerprint density at radius 3 is 2.42 bits per heavy atom. The lowest BCUT2D eigenvalue weighted by molar-refractivity contribution is -0.131. The van der Waals surface area contributed by atoms with Crippen LogP contribution in [0.2, 0.25) is 0 Å². The Hall–Kier alpha value is -2.81. The van der Waals surface area contributed by atoms with Gasteiger partial charge in [0, 0.05) is 30.7 Å². The van der Waals surface area contributed by atoms with E-state index in [1.165, 1.54) is 19.2 Å². The zero-order chi connectivity index (χ0) is 19.2. The van der Waals surface area contributed by atoms with Gasteiger partial charge in [-0.05, 0) is 24.6 Å². The summed E-state index contributed by atoms with van der Waals surface area (Å²) in [6.45, 7) is 2.63. The van der Waals surface area contributed by atoms with Crippen molar-refractivity contribution in [3.8, 4) is 0 Å². The molecule has 2 aromatic rings. The highest BCUT2D eigenvalue weighted by atomic mass is 32.2. The molecule has 0 unspecified atom stereocenters. The third-order valence-electron chi connectivity index (χ3n) is 4.46. The van der Waals surface area contributed by atoms with Crippen LogP contribution in [0.4, 0.5) is 5.69 Å². The molecule has 0 saturated heterocycles. The summed E-state index contributed by atoms with van der Waals surface area (Å²) in [4.78, 5) is 22.3. The highest BCUT2D eigenvalue weighted by Gasteiger charge is 2.34. The summed E-state index contributed by atoms with van der Waals surface area (Å²) in [7, 11) is -3.07. The van der Waals surface area contributed by atoms with Crippen LogP contribution in [0.1, 0.15) is 35.7 Å². The summed E-state index contributed by atoms with van der Waals surface area (Å²) >= 11 is 0. The van der Waals surface area contributed by atoms with Gasteiger partial charge in [0.05, 0.1) is 16.8 Å². The van der Waals surface area contributed by atoms with Gasteiger partial charge in [-0.1, -0.05) is 13.3 Å². The zero-order valence-electron chi connectivity index (χ0n) is 14.3. The van der Waals surface area contributed by atoms with E-state index in [-0.39, 0.29) is 11.3 Å². The van der Waals surface area contributed by atoms with Crippen molar-refractivity contribution in [3.05, 3.63) is 34.4 Å². The van der Waals surface area contributed by atoms with Crippen molar-refractivity contribution in [2.45, 2.75) is 26.3 Å². The number of aromatic carboxylic acids is 1. The number of aromatic nitrogens is 1. The van der Waals surface area contributed by atoms with Crippen LogP contribution in [0.5, 0.6) is 0 Å². The van der Waals surface area contributed by atoms with Gasteiger partial charge in [0.1, 0.15) is 0 Å². The summed E-state index contributed by atoms with van der Waals surface area (Å²) in [5.74, 6) is -2.74. The second-order valence-electron chi connectivity index (χ2n) is 6.11. The Kier molecular flexibility index (Phi) is 4.27. The van der Waals surface area contributed by atoms with E-state index in [2.05, 4.69) is 0 Å². The van der Waals surface area contributed by atoms with Crippen molar-refractivity contribution >= 4 is 44.6 Å². The van der Waals surface area contributed by atoms with Crippen LogP contribution in [0.15, 0.2) is 23.2 Å². The number of sulfonamides is 1. The SMILES string of the molecule is CCCCn1cc2c3c(cc(C(=O)O)cc31)N(C)S(=O)(=O)C(C(=O)O)=C2. The predicted molar refractivity (Wildman–Crippen MR) is 96.7 cm³/mol. The number of benzene rings is 1. The summed E-state index contributed by atoms with van der Waals surface area (Å²) in [6, 6.07) is 2.74. The minimum absolute atomic E-state index is 0.0595. The molecule has 26 heavy (non-hydrogen) atoms. The standard InChI is InChI=1S/C17H18N2O6S/c1-3-4-5-19-9-11-8-14(17(22)23)26(24,25)18(2)12-6-10(16(20)21)7-13(19)15(11)12/h6-9H,3-5H2,1-2H3,(H,20,21)(H,22,23). The van der Waals surface area contributed by atoms with Crippen LogP contribution in [-0.2, 0) is 21.4 Å². The average molecular weight is 378 g/mol. The Bertz CT molecular complexity index is 1060. The molecule has 1 aliphatic heterocycles. The van der Waals surface area contributed by atoms with Gasteiger partial charge in [-0.3, -0.25) is 4.31 Å². The molecule has 0 spiro atoms. The molecule has 2 N–H and O–H groups in total. The fourth-order valence-electron chi connectivity index (χ4n) is 3.10. The van der Waals surface area contributed by atoms with E-state index in [9.17, 15) is 28.2 Å². The van der Waals surface area contributed by atoms with E-state index in [4.69, 9.17) is 0 Å². The minimum atomic E-state index is -4.30. The maximum atomic E-state index is 12.6. The van der Waals surface area contributed by atoms with E-state index >= 15 is 0 Å². The topological polar surface area (TPSA) is 117 Å². The highest BCUT2D eigenvalue weighted by Crippen LogP contribution is 2.39. The van der Waals surface area contributed by atoms with E-state index in [0.717, 1.165) is 23.2 Å². The fourth-order valence-corrected chi connectivity index (χ4v) is 4.29. The third kappa shape index (κ3) is 2.64. The molecule has 8 nitrogen and oxygen atoms in total. The summed E-state index contributed by atoms with van der Waals surface area (Å²) in [5.41, 5.74) is 1.09.